The average molecular weight is 255 g/mol. The molecule has 1 rings (SSSR count). The van der Waals surface area contributed by atoms with Crippen LogP contribution in [0.3, 0.4) is 0 Å². The Balaban J connectivity index is 2.26. The summed E-state index contributed by atoms with van der Waals surface area (Å²) in [6, 6.07) is 0. The quantitative estimate of drug-likeness (QED) is 0.504. The van der Waals surface area contributed by atoms with E-state index in [1.807, 2.05) is 0 Å². The van der Waals surface area contributed by atoms with Crippen LogP contribution in [0.25, 0.3) is 0 Å². The molecule has 0 amide bonds. The van der Waals surface area contributed by atoms with Crippen LogP contribution in [0.15, 0.2) is 0 Å². The van der Waals surface area contributed by atoms with Crippen molar-refractivity contribution in [2.24, 2.45) is 0 Å². The molecule has 4 heteroatoms. The van der Waals surface area contributed by atoms with E-state index in [0.717, 1.165) is 0 Å². The van der Waals surface area contributed by atoms with Crippen LogP contribution in [0.4, 0.5) is 0 Å². The standard InChI is InChI=1S/C7H16N2.C6H14N.Al/c1-4-8-6-7-9(3)5-2;1-4-5-6-7(2)3;/h3-7H2,1-2H3;1,4-6H2,2-3H3;/q-1;;+1. The normalized spacial score (nSPS) is 19.2. The maximum absolute atomic E-state index is 2.81. The summed E-state index contributed by atoms with van der Waals surface area (Å²) < 4.78 is 2.81. The SMILES string of the molecule is CCN1CC[N](CC)[Al]([CH2]CCCN(C)C)[CH2]1. The Morgan fingerprint density at radius 2 is 1.82 bits per heavy atom. The van der Waals surface area contributed by atoms with Crippen LogP contribution in [-0.4, -0.2) is 80.3 Å². The van der Waals surface area contributed by atoms with Crippen LogP contribution in [0.5, 0.6) is 0 Å². The summed E-state index contributed by atoms with van der Waals surface area (Å²) >= 11 is -0.639. The van der Waals surface area contributed by atoms with Crippen molar-refractivity contribution in [1.82, 2.24) is 13.7 Å². The van der Waals surface area contributed by atoms with Gasteiger partial charge in [0.05, 0.1) is 0 Å². The molecule has 1 aliphatic heterocycles. The lowest BCUT2D eigenvalue weighted by molar-refractivity contribution is 0.253. The van der Waals surface area contributed by atoms with E-state index in [4.69, 9.17) is 0 Å². The molecule has 0 spiro atoms. The van der Waals surface area contributed by atoms with Gasteiger partial charge in [0.15, 0.2) is 0 Å². The van der Waals surface area contributed by atoms with E-state index in [9.17, 15) is 0 Å². The molecule has 0 radical (unpaired) electrons. The Morgan fingerprint density at radius 1 is 1.06 bits per heavy atom. The lowest BCUT2D eigenvalue weighted by Crippen LogP contribution is -2.55. The molecule has 17 heavy (non-hydrogen) atoms. The Bertz CT molecular complexity index is 199. The van der Waals surface area contributed by atoms with Gasteiger partial charge in [-0.05, 0) is 52.1 Å². The molecule has 0 atom stereocenters. The molecule has 100 valence electrons. The predicted molar refractivity (Wildman–Crippen MR) is 77.7 cm³/mol. The van der Waals surface area contributed by atoms with Crippen LogP contribution in [-0.2, 0) is 0 Å². The molecule has 0 aliphatic carbocycles. The second kappa shape index (κ2) is 8.50. The van der Waals surface area contributed by atoms with E-state index >= 15 is 0 Å². The monoisotopic (exact) mass is 255 g/mol. The van der Waals surface area contributed by atoms with E-state index in [1.54, 1.807) is 0 Å². The second-order valence-corrected chi connectivity index (χ2v) is 8.46. The topological polar surface area (TPSA) is 9.72 Å². The number of nitrogens with zero attached hydrogens (tertiary/aromatic N) is 3. The van der Waals surface area contributed by atoms with Gasteiger partial charge in [-0.2, -0.15) is 0 Å². The molecular weight excluding hydrogens is 225 g/mol. The third-order valence-corrected chi connectivity index (χ3v) is 7.60. The minimum atomic E-state index is -0.639. The number of hydrogen-bond donors (Lipinski definition) is 0. The lowest BCUT2D eigenvalue weighted by atomic mass is 10.3. The van der Waals surface area contributed by atoms with E-state index in [1.165, 1.54) is 56.3 Å². The number of hydrogen-bond acceptors (Lipinski definition) is 3. The van der Waals surface area contributed by atoms with E-state index < -0.39 is 14.4 Å². The summed E-state index contributed by atoms with van der Waals surface area (Å²) in [5, 5.41) is 2.94. The van der Waals surface area contributed by atoms with E-state index in [-0.39, 0.29) is 0 Å². The predicted octanol–water partition coefficient (Wildman–Crippen LogP) is 1.52. The molecule has 3 nitrogen and oxygen atoms in total. The van der Waals surface area contributed by atoms with E-state index in [0.29, 0.717) is 0 Å². The van der Waals surface area contributed by atoms with Gasteiger partial charge in [-0.3, -0.25) is 0 Å². The molecule has 1 aliphatic rings. The summed E-state index contributed by atoms with van der Waals surface area (Å²) in [5.74, 6) is 0. The van der Waals surface area contributed by atoms with Crippen LogP contribution in [0.1, 0.15) is 26.7 Å². The van der Waals surface area contributed by atoms with Crippen LogP contribution >= 0.6 is 0 Å². The van der Waals surface area contributed by atoms with Gasteiger partial charge in [0.25, 0.3) is 0 Å². The Morgan fingerprint density at radius 3 is 2.41 bits per heavy atom. The highest BCUT2D eigenvalue weighted by molar-refractivity contribution is 6.56. The second-order valence-electron chi connectivity index (χ2n) is 5.47. The highest BCUT2D eigenvalue weighted by Crippen LogP contribution is 2.12. The zero-order valence-corrected chi connectivity index (χ0v) is 13.4. The van der Waals surface area contributed by atoms with Gasteiger partial charge in [0, 0.05) is 6.54 Å². The van der Waals surface area contributed by atoms with Crippen molar-refractivity contribution in [2.45, 2.75) is 32.0 Å². The summed E-state index contributed by atoms with van der Waals surface area (Å²) in [6.07, 6.45) is 2.81. The molecular formula is C13H30AlN3. The van der Waals surface area contributed by atoms with Crippen LogP contribution in [0, 0.1) is 0 Å². The van der Waals surface area contributed by atoms with Crippen molar-refractivity contribution in [2.75, 3.05) is 52.2 Å². The van der Waals surface area contributed by atoms with Crippen molar-refractivity contribution in [3.05, 3.63) is 0 Å². The Kier molecular flexibility index (Phi) is 7.74. The first-order valence-corrected chi connectivity index (χ1v) is 9.43. The number of unbranched alkanes of at least 4 members (excludes halogenated alkanes) is 1. The van der Waals surface area contributed by atoms with Gasteiger partial charge in [0.2, 0.25) is 0 Å². The molecule has 1 saturated heterocycles. The zero-order chi connectivity index (χ0) is 12.7. The van der Waals surface area contributed by atoms with E-state index in [2.05, 4.69) is 41.6 Å². The van der Waals surface area contributed by atoms with Crippen molar-refractivity contribution < 1.29 is 0 Å². The number of likely N-dealkylation sites (N-methyl/N-ethyl adjacent to an activating group) is 2. The first-order valence-electron chi connectivity index (χ1n) is 7.28. The maximum Gasteiger partial charge on any atom is 0.388 e. The fourth-order valence-corrected chi connectivity index (χ4v) is 6.32. The van der Waals surface area contributed by atoms with Crippen molar-refractivity contribution in [3.8, 4) is 0 Å². The number of rotatable bonds is 7. The summed E-state index contributed by atoms with van der Waals surface area (Å²) in [4.78, 5) is 4.97. The first-order chi connectivity index (χ1) is 8.17. The fourth-order valence-electron chi connectivity index (χ4n) is 2.74. The molecule has 0 bridgehead atoms. The van der Waals surface area contributed by atoms with Crippen molar-refractivity contribution in [3.63, 3.8) is 0 Å². The zero-order valence-electron chi connectivity index (χ0n) is 12.3. The van der Waals surface area contributed by atoms with Crippen molar-refractivity contribution >= 4 is 14.4 Å². The summed E-state index contributed by atoms with van der Waals surface area (Å²) in [5.41, 5.74) is 0. The van der Waals surface area contributed by atoms with Gasteiger partial charge in [-0.25, -0.2) is 0 Å². The van der Waals surface area contributed by atoms with Gasteiger partial charge in [-0.15, -0.1) is 0 Å². The minimum Gasteiger partial charge on any atom is -0.383 e. The highest BCUT2D eigenvalue weighted by Gasteiger charge is 2.30. The molecule has 1 heterocycles. The lowest BCUT2D eigenvalue weighted by Gasteiger charge is -2.38. The van der Waals surface area contributed by atoms with Gasteiger partial charge < -0.3 is 13.7 Å². The summed E-state index contributed by atoms with van der Waals surface area (Å²) in [6.45, 7) is 11.0. The molecule has 0 aromatic carbocycles. The Labute approximate surface area is 112 Å². The largest absolute Gasteiger partial charge is 0.388 e. The average Bonchev–Trinajstić information content (AvgIpc) is 2.34. The van der Waals surface area contributed by atoms with Crippen LogP contribution in [0.2, 0.25) is 5.28 Å². The molecule has 0 unspecified atom stereocenters. The molecule has 0 aromatic rings. The van der Waals surface area contributed by atoms with Gasteiger partial charge in [-0.1, -0.05) is 25.6 Å². The Hall–Kier alpha value is 0.412. The third kappa shape index (κ3) is 5.72. The van der Waals surface area contributed by atoms with Crippen LogP contribution < -0.4 is 0 Å². The van der Waals surface area contributed by atoms with Gasteiger partial charge >= 0.3 is 14.4 Å². The molecule has 1 fully saturated rings. The smallest absolute Gasteiger partial charge is 0.383 e. The minimum absolute atomic E-state index is 0.639. The summed E-state index contributed by atoms with van der Waals surface area (Å²) in [7, 11) is 4.35. The first kappa shape index (κ1) is 15.5. The highest BCUT2D eigenvalue weighted by atomic mass is 27.2. The molecule has 0 aromatic heterocycles. The van der Waals surface area contributed by atoms with Crippen molar-refractivity contribution in [1.29, 1.82) is 0 Å². The van der Waals surface area contributed by atoms with Gasteiger partial charge in [0.1, 0.15) is 0 Å². The fraction of sp³-hybridized carbons (Fsp3) is 1.00. The maximum atomic E-state index is 2.81. The molecule has 0 N–H and O–H groups in total. The third-order valence-electron chi connectivity index (χ3n) is 3.93. The molecule has 0 saturated carbocycles.